The molecule has 1 aromatic heterocycles. The van der Waals surface area contributed by atoms with Gasteiger partial charge in [-0.1, -0.05) is 5.16 Å². The van der Waals surface area contributed by atoms with Crippen molar-refractivity contribution >= 4 is 0 Å². The number of hydrogen-bond donors (Lipinski definition) is 1. The highest BCUT2D eigenvalue weighted by atomic mass is 16.5. The lowest BCUT2D eigenvalue weighted by molar-refractivity contribution is 0.0118. The highest BCUT2D eigenvalue weighted by Crippen LogP contribution is 2.19. The van der Waals surface area contributed by atoms with Gasteiger partial charge in [-0.3, -0.25) is 4.90 Å². The SMILES string of the molecule is CC1C(O)CCCN1Cc1ccno1. The van der Waals surface area contributed by atoms with Crippen molar-refractivity contribution in [2.45, 2.75) is 38.5 Å². The zero-order chi connectivity index (χ0) is 9.97. The van der Waals surface area contributed by atoms with Crippen LogP contribution in [-0.2, 0) is 6.54 Å². The second kappa shape index (κ2) is 4.11. The molecule has 2 rings (SSSR count). The minimum absolute atomic E-state index is 0.202. The van der Waals surface area contributed by atoms with E-state index in [2.05, 4.69) is 17.0 Å². The molecule has 4 nitrogen and oxygen atoms in total. The Bertz CT molecular complexity index is 274. The van der Waals surface area contributed by atoms with E-state index in [1.807, 2.05) is 6.07 Å². The van der Waals surface area contributed by atoms with Crippen LogP contribution in [0.25, 0.3) is 0 Å². The zero-order valence-corrected chi connectivity index (χ0v) is 8.39. The summed E-state index contributed by atoms with van der Waals surface area (Å²) in [5.41, 5.74) is 0. The van der Waals surface area contributed by atoms with Crippen LogP contribution >= 0.6 is 0 Å². The molecule has 4 heteroatoms. The van der Waals surface area contributed by atoms with Gasteiger partial charge in [0.1, 0.15) is 0 Å². The van der Waals surface area contributed by atoms with Crippen LogP contribution in [0.1, 0.15) is 25.5 Å². The van der Waals surface area contributed by atoms with Gasteiger partial charge in [0.2, 0.25) is 0 Å². The maximum Gasteiger partial charge on any atom is 0.150 e. The summed E-state index contributed by atoms with van der Waals surface area (Å²) in [5, 5.41) is 13.4. The average Bonchev–Trinajstić information content (AvgIpc) is 2.66. The van der Waals surface area contributed by atoms with Crippen LogP contribution in [0.5, 0.6) is 0 Å². The van der Waals surface area contributed by atoms with E-state index in [0.29, 0.717) is 0 Å². The van der Waals surface area contributed by atoms with Gasteiger partial charge >= 0.3 is 0 Å². The van der Waals surface area contributed by atoms with Gasteiger partial charge in [-0.15, -0.1) is 0 Å². The van der Waals surface area contributed by atoms with E-state index in [-0.39, 0.29) is 12.1 Å². The van der Waals surface area contributed by atoms with Gasteiger partial charge in [0, 0.05) is 12.1 Å². The lowest BCUT2D eigenvalue weighted by Gasteiger charge is -2.36. The minimum atomic E-state index is -0.202. The third-order valence-corrected chi connectivity index (χ3v) is 2.93. The predicted molar refractivity (Wildman–Crippen MR) is 51.6 cm³/mol. The summed E-state index contributed by atoms with van der Waals surface area (Å²) in [6, 6.07) is 2.09. The van der Waals surface area contributed by atoms with Gasteiger partial charge in [0.25, 0.3) is 0 Å². The van der Waals surface area contributed by atoms with Crippen LogP contribution in [0, 0.1) is 0 Å². The van der Waals surface area contributed by atoms with E-state index in [9.17, 15) is 5.11 Å². The van der Waals surface area contributed by atoms with Crippen LogP contribution in [0.4, 0.5) is 0 Å². The number of piperidine rings is 1. The Labute approximate surface area is 83.5 Å². The van der Waals surface area contributed by atoms with E-state index >= 15 is 0 Å². The molecule has 2 unspecified atom stereocenters. The van der Waals surface area contributed by atoms with Gasteiger partial charge in [0.05, 0.1) is 18.8 Å². The summed E-state index contributed by atoms with van der Waals surface area (Å²) >= 11 is 0. The molecule has 2 heterocycles. The number of hydrogen-bond acceptors (Lipinski definition) is 4. The highest BCUT2D eigenvalue weighted by molar-refractivity contribution is 4.94. The maximum absolute atomic E-state index is 9.69. The largest absolute Gasteiger partial charge is 0.392 e. The van der Waals surface area contributed by atoms with Gasteiger partial charge in [-0.25, -0.2) is 0 Å². The number of aliphatic hydroxyl groups excluding tert-OH is 1. The maximum atomic E-state index is 9.69. The lowest BCUT2D eigenvalue weighted by atomic mass is 10.0. The summed E-state index contributed by atoms with van der Waals surface area (Å²) in [4.78, 5) is 2.23. The Kier molecular flexibility index (Phi) is 2.84. The minimum Gasteiger partial charge on any atom is -0.392 e. The molecular formula is C10H16N2O2. The average molecular weight is 196 g/mol. The summed E-state index contributed by atoms with van der Waals surface area (Å²) in [5.74, 6) is 0.867. The Hall–Kier alpha value is -0.870. The fourth-order valence-corrected chi connectivity index (χ4v) is 1.94. The molecule has 2 atom stereocenters. The summed E-state index contributed by atoms with van der Waals surface area (Å²) in [7, 11) is 0. The number of aromatic nitrogens is 1. The van der Waals surface area contributed by atoms with Crippen molar-refractivity contribution < 1.29 is 9.63 Å². The Morgan fingerprint density at radius 1 is 1.71 bits per heavy atom. The zero-order valence-electron chi connectivity index (χ0n) is 8.39. The van der Waals surface area contributed by atoms with E-state index in [1.54, 1.807) is 6.20 Å². The first-order valence-electron chi connectivity index (χ1n) is 5.09. The molecule has 78 valence electrons. The van der Waals surface area contributed by atoms with E-state index < -0.39 is 0 Å². The molecule has 1 aliphatic rings. The van der Waals surface area contributed by atoms with Gasteiger partial charge < -0.3 is 9.63 Å². The predicted octanol–water partition coefficient (Wildman–Crippen LogP) is 1.02. The van der Waals surface area contributed by atoms with E-state index in [1.165, 1.54) is 0 Å². The summed E-state index contributed by atoms with van der Waals surface area (Å²) < 4.78 is 5.05. The van der Waals surface area contributed by atoms with Gasteiger partial charge in [0.15, 0.2) is 5.76 Å². The number of rotatable bonds is 2. The van der Waals surface area contributed by atoms with Crippen LogP contribution in [0.3, 0.4) is 0 Å². The Balaban J connectivity index is 1.97. The Morgan fingerprint density at radius 3 is 3.29 bits per heavy atom. The first-order chi connectivity index (χ1) is 6.77. The summed E-state index contributed by atoms with van der Waals surface area (Å²) in [6.45, 7) is 3.83. The number of aliphatic hydroxyl groups is 1. The number of nitrogens with zero attached hydrogens (tertiary/aromatic N) is 2. The normalized spacial score (nSPS) is 29.3. The molecule has 0 saturated carbocycles. The van der Waals surface area contributed by atoms with Crippen molar-refractivity contribution in [2.24, 2.45) is 0 Å². The Morgan fingerprint density at radius 2 is 2.57 bits per heavy atom. The smallest absolute Gasteiger partial charge is 0.150 e. The van der Waals surface area contributed by atoms with Crippen molar-refractivity contribution in [3.63, 3.8) is 0 Å². The fourth-order valence-electron chi connectivity index (χ4n) is 1.94. The van der Waals surface area contributed by atoms with Crippen molar-refractivity contribution in [3.8, 4) is 0 Å². The molecule has 0 aromatic carbocycles. The fraction of sp³-hybridized carbons (Fsp3) is 0.700. The molecule has 0 amide bonds. The molecule has 0 spiro atoms. The highest BCUT2D eigenvalue weighted by Gasteiger charge is 2.26. The second-order valence-electron chi connectivity index (χ2n) is 3.90. The molecular weight excluding hydrogens is 180 g/mol. The third-order valence-electron chi connectivity index (χ3n) is 2.93. The standard InChI is InChI=1S/C10H16N2O2/c1-8-10(13)3-2-6-12(8)7-9-4-5-11-14-9/h4-5,8,10,13H,2-3,6-7H2,1H3. The number of likely N-dealkylation sites (tertiary alicyclic amines) is 1. The third kappa shape index (κ3) is 1.96. The van der Waals surface area contributed by atoms with Crippen molar-refractivity contribution in [3.05, 3.63) is 18.0 Å². The molecule has 0 aliphatic carbocycles. The van der Waals surface area contributed by atoms with Crippen molar-refractivity contribution in [1.29, 1.82) is 0 Å². The van der Waals surface area contributed by atoms with E-state index in [0.717, 1.165) is 31.7 Å². The van der Waals surface area contributed by atoms with Gasteiger partial charge in [-0.05, 0) is 26.3 Å². The van der Waals surface area contributed by atoms with Crippen LogP contribution < -0.4 is 0 Å². The first-order valence-corrected chi connectivity index (χ1v) is 5.09. The van der Waals surface area contributed by atoms with Gasteiger partial charge in [-0.2, -0.15) is 0 Å². The molecule has 1 fully saturated rings. The molecule has 0 radical (unpaired) electrons. The molecule has 1 saturated heterocycles. The topological polar surface area (TPSA) is 49.5 Å². The van der Waals surface area contributed by atoms with Crippen LogP contribution in [-0.4, -0.2) is 33.9 Å². The molecule has 1 aliphatic heterocycles. The molecule has 1 N–H and O–H groups in total. The van der Waals surface area contributed by atoms with Crippen molar-refractivity contribution in [1.82, 2.24) is 10.1 Å². The quantitative estimate of drug-likeness (QED) is 0.767. The first kappa shape index (κ1) is 9.68. The summed E-state index contributed by atoms with van der Waals surface area (Å²) in [6.07, 6.45) is 3.42. The van der Waals surface area contributed by atoms with Crippen LogP contribution in [0.2, 0.25) is 0 Å². The van der Waals surface area contributed by atoms with Crippen molar-refractivity contribution in [2.75, 3.05) is 6.54 Å². The van der Waals surface area contributed by atoms with E-state index in [4.69, 9.17) is 4.52 Å². The molecule has 1 aromatic rings. The second-order valence-corrected chi connectivity index (χ2v) is 3.90. The van der Waals surface area contributed by atoms with Crippen LogP contribution in [0.15, 0.2) is 16.8 Å². The lowest BCUT2D eigenvalue weighted by Crippen LogP contribution is -2.45. The monoisotopic (exact) mass is 196 g/mol. The molecule has 14 heavy (non-hydrogen) atoms. The molecule has 0 bridgehead atoms.